The highest BCUT2D eigenvalue weighted by Crippen LogP contribution is 2.74. The number of carboxylic acids is 1. The van der Waals surface area contributed by atoms with Gasteiger partial charge in [-0.15, -0.1) is 0 Å². The van der Waals surface area contributed by atoms with Gasteiger partial charge in [-0.3, -0.25) is 4.79 Å². The van der Waals surface area contributed by atoms with Crippen molar-refractivity contribution in [1.29, 1.82) is 0 Å². The number of phenolic OH excluding ortho intramolecular Hbond substituents is 4. The van der Waals surface area contributed by atoms with Gasteiger partial charge < -0.3 is 25.5 Å². The summed E-state index contributed by atoms with van der Waals surface area (Å²) in [7, 11) is 0. The monoisotopic (exact) mass is 646 g/mol. The van der Waals surface area contributed by atoms with Crippen LogP contribution in [-0.2, 0) is 23.1 Å². The van der Waals surface area contributed by atoms with Gasteiger partial charge >= 0.3 is 5.97 Å². The van der Waals surface area contributed by atoms with E-state index in [4.69, 9.17) is 5.11 Å². The third-order valence-corrected chi connectivity index (χ3v) is 13.9. The summed E-state index contributed by atoms with van der Waals surface area (Å²) < 4.78 is 0. The van der Waals surface area contributed by atoms with Crippen molar-refractivity contribution in [3.63, 3.8) is 0 Å². The number of fused-ring (bicyclic) bond motifs is 7. The molecule has 47 heavy (non-hydrogen) atoms. The minimum atomic E-state index is -0.641. The number of aliphatic carboxylic acids is 1. The molecule has 6 rings (SSSR count). The van der Waals surface area contributed by atoms with Crippen molar-refractivity contribution in [1.82, 2.24) is 0 Å². The van der Waals surface area contributed by atoms with Crippen molar-refractivity contribution >= 4 is 5.97 Å². The van der Waals surface area contributed by atoms with E-state index in [1.165, 1.54) is 36.5 Å². The summed E-state index contributed by atoms with van der Waals surface area (Å²) in [6.45, 7) is 15.7. The van der Waals surface area contributed by atoms with E-state index >= 15 is 0 Å². The molecule has 6 heteroatoms. The second-order valence-corrected chi connectivity index (χ2v) is 16.7. The molecule has 4 aliphatic rings. The molecule has 4 aliphatic carbocycles. The van der Waals surface area contributed by atoms with Gasteiger partial charge in [-0.05, 0) is 135 Å². The van der Waals surface area contributed by atoms with Crippen LogP contribution in [-0.4, -0.2) is 31.5 Å². The highest BCUT2D eigenvalue weighted by molar-refractivity contribution is 5.74. The minimum Gasteiger partial charge on any atom is -0.508 e. The minimum absolute atomic E-state index is 0.00431. The van der Waals surface area contributed by atoms with Gasteiger partial charge in [0.2, 0.25) is 0 Å². The number of unbranched alkanes of at least 4 members (excludes halogenated alkanes) is 3. The number of phenols is 4. The third-order valence-electron chi connectivity index (χ3n) is 13.9. The Kier molecular flexibility index (Phi) is 9.26. The van der Waals surface area contributed by atoms with E-state index in [1.54, 1.807) is 12.1 Å². The standard InChI is InChI=1S/C29H40O4.C12H18O2/c1-17-18-7-8-21-27(4,19(18)15-20(30)23(17)31)12-14-29(6)22-16-26(3,24(32)33)10-9-25(22,2)11-13-28(21,29)5;1-2-3-4-5-6-10-7-8-11(13)9-12(10)14/h8,15,22,30-31H,7,9-14,16H2,1-6H3,(H,32,33);7-9,13-14H,2-6H2,1H3. The van der Waals surface area contributed by atoms with Crippen molar-refractivity contribution < 1.29 is 30.3 Å². The molecule has 2 aromatic carbocycles. The van der Waals surface area contributed by atoms with E-state index in [2.05, 4.69) is 40.7 Å². The summed E-state index contributed by atoms with van der Waals surface area (Å²) in [4.78, 5) is 12.3. The molecule has 0 bridgehead atoms. The highest BCUT2D eigenvalue weighted by atomic mass is 16.4. The summed E-state index contributed by atoms with van der Waals surface area (Å²) in [6.07, 6.45) is 15.7. The van der Waals surface area contributed by atoms with Crippen molar-refractivity contribution in [2.75, 3.05) is 0 Å². The quantitative estimate of drug-likeness (QED) is 0.121. The predicted octanol–water partition coefficient (Wildman–Crippen LogP) is 9.86. The number of carbonyl (C=O) groups is 1. The Bertz CT molecular complexity index is 1560. The van der Waals surface area contributed by atoms with E-state index in [0.717, 1.165) is 80.9 Å². The summed E-state index contributed by atoms with van der Waals surface area (Å²) >= 11 is 0. The molecule has 6 unspecified atom stereocenters. The van der Waals surface area contributed by atoms with Gasteiger partial charge in [0.1, 0.15) is 11.5 Å². The first-order valence-electron chi connectivity index (χ1n) is 18.0. The number of allylic oxidation sites excluding steroid dienone is 2. The first-order valence-corrected chi connectivity index (χ1v) is 18.0. The molecule has 3 saturated carbocycles. The molecule has 0 spiro atoms. The Morgan fingerprint density at radius 3 is 2.21 bits per heavy atom. The van der Waals surface area contributed by atoms with Gasteiger partial charge in [-0.2, -0.15) is 0 Å². The molecule has 0 heterocycles. The van der Waals surface area contributed by atoms with Gasteiger partial charge in [0.25, 0.3) is 0 Å². The smallest absolute Gasteiger partial charge is 0.309 e. The number of rotatable bonds is 6. The second-order valence-electron chi connectivity index (χ2n) is 16.7. The normalized spacial score (nSPS) is 34.0. The molecule has 258 valence electrons. The topological polar surface area (TPSA) is 118 Å². The van der Waals surface area contributed by atoms with Gasteiger partial charge in [0.15, 0.2) is 11.5 Å². The van der Waals surface area contributed by atoms with Gasteiger partial charge in [0.05, 0.1) is 5.41 Å². The lowest BCUT2D eigenvalue weighted by atomic mass is 9.34. The van der Waals surface area contributed by atoms with Crippen LogP contribution in [0.1, 0.15) is 134 Å². The zero-order valence-electron chi connectivity index (χ0n) is 29.8. The maximum Gasteiger partial charge on any atom is 0.309 e. The van der Waals surface area contributed by atoms with Crippen molar-refractivity contribution in [2.24, 2.45) is 27.6 Å². The fourth-order valence-electron chi connectivity index (χ4n) is 10.4. The molecule has 0 radical (unpaired) electrons. The molecular weight excluding hydrogens is 588 g/mol. The zero-order valence-corrected chi connectivity index (χ0v) is 29.8. The molecular formula is C41H58O6. The summed E-state index contributed by atoms with van der Waals surface area (Å²) in [5.41, 5.74) is 4.93. The maximum absolute atomic E-state index is 12.3. The summed E-state index contributed by atoms with van der Waals surface area (Å²) in [5.74, 6) is 0.0527. The van der Waals surface area contributed by atoms with Crippen LogP contribution in [0.3, 0.4) is 0 Å². The van der Waals surface area contributed by atoms with Crippen LogP contribution in [0.2, 0.25) is 0 Å². The highest BCUT2D eigenvalue weighted by Gasteiger charge is 2.67. The Hall–Kier alpha value is -3.15. The number of hydrogen-bond acceptors (Lipinski definition) is 5. The van der Waals surface area contributed by atoms with E-state index in [9.17, 15) is 25.2 Å². The zero-order chi connectivity index (χ0) is 34.6. The molecule has 6 atom stereocenters. The largest absolute Gasteiger partial charge is 0.508 e. The van der Waals surface area contributed by atoms with Crippen LogP contribution in [0.15, 0.2) is 35.9 Å². The molecule has 5 N–H and O–H groups in total. The lowest BCUT2D eigenvalue weighted by Gasteiger charge is -2.69. The number of carboxylic acid groups (broad SMARTS) is 1. The fraction of sp³-hybridized carbons (Fsp3) is 0.634. The predicted molar refractivity (Wildman–Crippen MR) is 187 cm³/mol. The molecule has 3 fully saturated rings. The first-order chi connectivity index (χ1) is 22.0. The Morgan fingerprint density at radius 2 is 1.55 bits per heavy atom. The SMILES string of the molecule is CCCCCCc1ccc(O)cc1O.Cc1c(O)c(O)cc2c1CC=C1C2(C)CCC2(C)C3CC(C)(C(=O)O)CCC3(C)CCC12C. The van der Waals surface area contributed by atoms with Crippen LogP contribution in [0, 0.1) is 34.5 Å². The number of aryl methyl sites for hydroxylation is 1. The van der Waals surface area contributed by atoms with Gasteiger partial charge in [-0.25, -0.2) is 0 Å². The maximum atomic E-state index is 12.3. The number of benzene rings is 2. The van der Waals surface area contributed by atoms with E-state index in [1.807, 2.05) is 19.9 Å². The molecule has 6 nitrogen and oxygen atoms in total. The molecule has 0 aliphatic heterocycles. The van der Waals surface area contributed by atoms with E-state index in [0.29, 0.717) is 5.92 Å². The second kappa shape index (κ2) is 12.4. The fourth-order valence-corrected chi connectivity index (χ4v) is 10.4. The van der Waals surface area contributed by atoms with Crippen molar-refractivity contribution in [2.45, 2.75) is 137 Å². The van der Waals surface area contributed by atoms with E-state index < -0.39 is 11.4 Å². The van der Waals surface area contributed by atoms with Crippen LogP contribution in [0.5, 0.6) is 23.0 Å². The molecule has 0 amide bonds. The lowest BCUT2D eigenvalue weighted by molar-refractivity contribution is -0.177. The Labute approximate surface area is 281 Å². The third kappa shape index (κ3) is 5.72. The lowest BCUT2D eigenvalue weighted by Crippen LogP contribution is -2.62. The van der Waals surface area contributed by atoms with Crippen LogP contribution >= 0.6 is 0 Å². The Balaban J connectivity index is 0.000000261. The number of aromatic hydroxyl groups is 4. The molecule has 0 saturated heterocycles. The average Bonchev–Trinajstić information content (AvgIpc) is 3.02. The number of hydrogen-bond donors (Lipinski definition) is 5. The summed E-state index contributed by atoms with van der Waals surface area (Å²) in [5, 5.41) is 49.5. The molecule has 2 aromatic rings. The van der Waals surface area contributed by atoms with Gasteiger partial charge in [0, 0.05) is 11.5 Å². The van der Waals surface area contributed by atoms with Crippen LogP contribution in [0.4, 0.5) is 0 Å². The van der Waals surface area contributed by atoms with Gasteiger partial charge in [-0.1, -0.05) is 71.6 Å². The van der Waals surface area contributed by atoms with Crippen LogP contribution in [0.25, 0.3) is 0 Å². The van der Waals surface area contributed by atoms with Crippen molar-refractivity contribution in [3.8, 4) is 23.0 Å². The average molecular weight is 647 g/mol. The van der Waals surface area contributed by atoms with Crippen molar-refractivity contribution in [3.05, 3.63) is 58.2 Å². The first kappa shape index (κ1) is 35.2. The van der Waals surface area contributed by atoms with Crippen LogP contribution < -0.4 is 0 Å². The Morgan fingerprint density at radius 1 is 0.851 bits per heavy atom. The molecule has 0 aromatic heterocycles. The summed E-state index contributed by atoms with van der Waals surface area (Å²) in [6, 6.07) is 6.62. The van der Waals surface area contributed by atoms with E-state index in [-0.39, 0.29) is 44.7 Å².